The first kappa shape index (κ1) is 11.2. The number of hydrogen-bond acceptors (Lipinski definition) is 1. The number of rotatable bonds is 2. The van der Waals surface area contributed by atoms with Gasteiger partial charge in [0.1, 0.15) is 0 Å². The second-order valence-electron chi connectivity index (χ2n) is 4.24. The van der Waals surface area contributed by atoms with Gasteiger partial charge in [0.05, 0.1) is 11.9 Å². The van der Waals surface area contributed by atoms with Crippen molar-refractivity contribution >= 4 is 5.84 Å². The van der Waals surface area contributed by atoms with E-state index in [1.165, 1.54) is 0 Å². The van der Waals surface area contributed by atoms with Gasteiger partial charge in [-0.3, -0.25) is 4.99 Å². The highest BCUT2D eigenvalue weighted by atomic mass is 14.9. The third-order valence-corrected chi connectivity index (χ3v) is 1.28. The second kappa shape index (κ2) is 4.29. The van der Waals surface area contributed by atoms with E-state index in [2.05, 4.69) is 37.9 Å². The van der Waals surface area contributed by atoms with Gasteiger partial charge in [0.2, 0.25) is 0 Å². The summed E-state index contributed by atoms with van der Waals surface area (Å²) in [6.07, 6.45) is 4.24. The number of nitrogens with zero attached hydrogens (tertiary/aromatic N) is 1. The molecule has 0 fully saturated rings. The third-order valence-electron chi connectivity index (χ3n) is 1.28. The number of amidine groups is 1. The SMILES string of the molecule is CC(N)=NC(C)/C=C\C(C)(C)C. The van der Waals surface area contributed by atoms with Crippen molar-refractivity contribution in [2.45, 2.75) is 40.7 Å². The highest BCUT2D eigenvalue weighted by Gasteiger charge is 2.04. The molecule has 0 spiro atoms. The van der Waals surface area contributed by atoms with Crippen LogP contribution in [0.5, 0.6) is 0 Å². The lowest BCUT2D eigenvalue weighted by molar-refractivity contribution is 0.541. The average molecular weight is 168 g/mol. The maximum atomic E-state index is 5.45. The summed E-state index contributed by atoms with van der Waals surface area (Å²) in [6.45, 7) is 10.3. The predicted octanol–water partition coefficient (Wildman–Crippen LogP) is 2.35. The lowest BCUT2D eigenvalue weighted by Crippen LogP contribution is -2.10. The van der Waals surface area contributed by atoms with Crippen LogP contribution in [0.2, 0.25) is 0 Å². The van der Waals surface area contributed by atoms with Gasteiger partial charge in [-0.2, -0.15) is 0 Å². The van der Waals surface area contributed by atoms with Crippen LogP contribution in [-0.2, 0) is 0 Å². The molecule has 2 nitrogen and oxygen atoms in total. The molecule has 0 aromatic heterocycles. The van der Waals surface area contributed by atoms with E-state index >= 15 is 0 Å². The fourth-order valence-corrected chi connectivity index (χ4v) is 0.792. The van der Waals surface area contributed by atoms with Gasteiger partial charge in [-0.05, 0) is 19.3 Å². The Morgan fingerprint density at radius 3 is 2.25 bits per heavy atom. The van der Waals surface area contributed by atoms with Gasteiger partial charge < -0.3 is 5.73 Å². The van der Waals surface area contributed by atoms with Crippen molar-refractivity contribution in [3.8, 4) is 0 Å². The first-order valence-corrected chi connectivity index (χ1v) is 4.30. The average Bonchev–Trinajstić information content (AvgIpc) is 1.80. The summed E-state index contributed by atoms with van der Waals surface area (Å²) in [5.74, 6) is 0.640. The van der Waals surface area contributed by atoms with Crippen LogP contribution in [0.25, 0.3) is 0 Å². The van der Waals surface area contributed by atoms with Crippen molar-refractivity contribution in [3.63, 3.8) is 0 Å². The minimum Gasteiger partial charge on any atom is -0.388 e. The number of allylic oxidation sites excluding steroid dienone is 1. The summed E-state index contributed by atoms with van der Waals surface area (Å²) >= 11 is 0. The van der Waals surface area contributed by atoms with E-state index in [-0.39, 0.29) is 11.5 Å². The molecule has 2 heteroatoms. The van der Waals surface area contributed by atoms with Gasteiger partial charge in [-0.15, -0.1) is 0 Å². The molecule has 0 aliphatic rings. The minimum absolute atomic E-state index is 0.189. The fraction of sp³-hybridized carbons (Fsp3) is 0.700. The van der Waals surface area contributed by atoms with Crippen molar-refractivity contribution in [2.24, 2.45) is 16.1 Å². The third kappa shape index (κ3) is 7.32. The van der Waals surface area contributed by atoms with E-state index in [9.17, 15) is 0 Å². The maximum Gasteiger partial charge on any atom is 0.0912 e. The molecule has 12 heavy (non-hydrogen) atoms. The molecular weight excluding hydrogens is 148 g/mol. The molecule has 1 atom stereocenters. The van der Waals surface area contributed by atoms with Crippen molar-refractivity contribution < 1.29 is 0 Å². The number of nitrogens with two attached hydrogens (primary N) is 1. The molecule has 0 saturated heterocycles. The molecule has 2 N–H and O–H groups in total. The van der Waals surface area contributed by atoms with Gasteiger partial charge in [-0.25, -0.2) is 0 Å². The fourth-order valence-electron chi connectivity index (χ4n) is 0.792. The molecule has 0 aliphatic carbocycles. The molecule has 0 rings (SSSR count). The Labute approximate surface area is 75.6 Å². The maximum absolute atomic E-state index is 5.45. The van der Waals surface area contributed by atoms with E-state index in [0.29, 0.717) is 5.84 Å². The van der Waals surface area contributed by atoms with Crippen LogP contribution < -0.4 is 5.73 Å². The Morgan fingerprint density at radius 1 is 1.42 bits per heavy atom. The molecule has 0 saturated carbocycles. The summed E-state index contributed by atoms with van der Waals surface area (Å²) in [4.78, 5) is 4.19. The largest absolute Gasteiger partial charge is 0.388 e. The summed E-state index contributed by atoms with van der Waals surface area (Å²) in [6, 6.07) is 0.189. The molecule has 0 radical (unpaired) electrons. The Morgan fingerprint density at radius 2 is 1.92 bits per heavy atom. The summed E-state index contributed by atoms with van der Waals surface area (Å²) in [7, 11) is 0. The summed E-state index contributed by atoms with van der Waals surface area (Å²) in [5.41, 5.74) is 5.68. The van der Waals surface area contributed by atoms with Crippen LogP contribution in [0.15, 0.2) is 17.1 Å². The van der Waals surface area contributed by atoms with E-state index in [4.69, 9.17) is 5.73 Å². The van der Waals surface area contributed by atoms with Gasteiger partial charge in [-0.1, -0.05) is 32.9 Å². The van der Waals surface area contributed by atoms with Crippen molar-refractivity contribution in [2.75, 3.05) is 0 Å². The van der Waals surface area contributed by atoms with E-state index in [1.54, 1.807) is 6.92 Å². The molecule has 0 aromatic rings. The van der Waals surface area contributed by atoms with E-state index in [1.807, 2.05) is 6.92 Å². The molecule has 0 aromatic carbocycles. The normalized spacial score (nSPS) is 16.9. The lowest BCUT2D eigenvalue weighted by Gasteiger charge is -2.12. The Kier molecular flexibility index (Phi) is 4.01. The van der Waals surface area contributed by atoms with Gasteiger partial charge in [0.25, 0.3) is 0 Å². The molecule has 0 aliphatic heterocycles. The van der Waals surface area contributed by atoms with Crippen LogP contribution >= 0.6 is 0 Å². The highest BCUT2D eigenvalue weighted by molar-refractivity contribution is 5.77. The summed E-state index contributed by atoms with van der Waals surface area (Å²) in [5, 5.41) is 0. The van der Waals surface area contributed by atoms with Crippen LogP contribution in [-0.4, -0.2) is 11.9 Å². The van der Waals surface area contributed by atoms with Gasteiger partial charge >= 0.3 is 0 Å². The Hall–Kier alpha value is -0.790. The molecule has 1 unspecified atom stereocenters. The van der Waals surface area contributed by atoms with Crippen LogP contribution in [0.3, 0.4) is 0 Å². The molecule has 70 valence electrons. The summed E-state index contributed by atoms with van der Waals surface area (Å²) < 4.78 is 0. The quantitative estimate of drug-likeness (QED) is 0.383. The lowest BCUT2D eigenvalue weighted by atomic mass is 9.96. The zero-order valence-corrected chi connectivity index (χ0v) is 8.76. The topological polar surface area (TPSA) is 38.4 Å². The number of aliphatic imine (C=N–C) groups is 1. The standard InChI is InChI=1S/C10H20N2/c1-8(12-9(2)11)6-7-10(3,4)5/h6-8H,1-5H3,(H2,11,12)/b7-6-. The van der Waals surface area contributed by atoms with E-state index < -0.39 is 0 Å². The zero-order chi connectivity index (χ0) is 9.78. The highest BCUT2D eigenvalue weighted by Crippen LogP contribution is 2.15. The van der Waals surface area contributed by atoms with Crippen LogP contribution in [0.4, 0.5) is 0 Å². The smallest absolute Gasteiger partial charge is 0.0912 e. The first-order valence-electron chi connectivity index (χ1n) is 4.30. The van der Waals surface area contributed by atoms with Crippen molar-refractivity contribution in [3.05, 3.63) is 12.2 Å². The predicted molar refractivity (Wildman–Crippen MR) is 55.4 cm³/mol. The molecular formula is C10H20N2. The Balaban J connectivity index is 4.10. The van der Waals surface area contributed by atoms with Crippen molar-refractivity contribution in [1.82, 2.24) is 0 Å². The second-order valence-corrected chi connectivity index (χ2v) is 4.24. The monoisotopic (exact) mass is 168 g/mol. The molecule has 0 heterocycles. The number of hydrogen-bond donors (Lipinski definition) is 1. The van der Waals surface area contributed by atoms with Gasteiger partial charge in [0.15, 0.2) is 0 Å². The van der Waals surface area contributed by atoms with Gasteiger partial charge in [0, 0.05) is 0 Å². The molecule has 0 amide bonds. The van der Waals surface area contributed by atoms with Crippen molar-refractivity contribution in [1.29, 1.82) is 0 Å². The molecule has 0 bridgehead atoms. The van der Waals surface area contributed by atoms with Crippen LogP contribution in [0.1, 0.15) is 34.6 Å². The van der Waals surface area contributed by atoms with Crippen LogP contribution in [0, 0.1) is 5.41 Å². The zero-order valence-electron chi connectivity index (χ0n) is 8.76. The first-order chi connectivity index (χ1) is 5.31. The minimum atomic E-state index is 0.189. The van der Waals surface area contributed by atoms with E-state index in [0.717, 1.165) is 0 Å². The Bertz CT molecular complexity index is 181.